The Hall–Kier alpha value is -2.35. The zero-order valence-electron chi connectivity index (χ0n) is 12.0. The molecule has 0 aliphatic carbocycles. The fourth-order valence-corrected chi connectivity index (χ4v) is 2.77. The second-order valence-corrected chi connectivity index (χ2v) is 5.64. The van der Waals surface area contributed by atoms with Crippen molar-refractivity contribution in [3.05, 3.63) is 17.9 Å². The Bertz CT molecular complexity index is 673. The van der Waals surface area contributed by atoms with E-state index < -0.39 is 6.04 Å². The number of carbonyl (C=O) groups excluding carboxylic acids is 1. The summed E-state index contributed by atoms with van der Waals surface area (Å²) in [5.74, 6) is 0.483. The highest BCUT2D eigenvalue weighted by atomic mass is 19.1. The van der Waals surface area contributed by atoms with Crippen LogP contribution < -0.4 is 25.7 Å². The quantitative estimate of drug-likeness (QED) is 0.729. The van der Waals surface area contributed by atoms with Crippen LogP contribution in [-0.2, 0) is 4.79 Å². The second-order valence-electron chi connectivity index (χ2n) is 5.64. The second kappa shape index (κ2) is 4.84. The summed E-state index contributed by atoms with van der Waals surface area (Å²) < 4.78 is 19.8. The molecular weight excluding hydrogens is 289 g/mol. The minimum Gasteiger partial charge on any atom is -0.483 e. The van der Waals surface area contributed by atoms with Crippen LogP contribution in [0.5, 0.6) is 5.75 Å². The largest absolute Gasteiger partial charge is 0.483 e. The van der Waals surface area contributed by atoms with Crippen molar-refractivity contribution in [1.82, 2.24) is 10.7 Å². The molecule has 1 atom stereocenters. The third kappa shape index (κ3) is 1.98. The van der Waals surface area contributed by atoms with Crippen molar-refractivity contribution in [2.45, 2.75) is 19.0 Å². The molecule has 1 aromatic carbocycles. The standard InChI is InChI=1S/C14H16FN5O2/c1-7-14(21)19-18-13-6-22-12-2-9(15)10(3-11(12)20(7)13)17-8-4-16-5-8/h2-3,7-8,16-17H,4-6H2,1H3,(H,19,21)/t7-/m1/s1. The van der Waals surface area contributed by atoms with Gasteiger partial charge in [0.15, 0.2) is 5.84 Å². The van der Waals surface area contributed by atoms with Crippen LogP contribution in [0.4, 0.5) is 15.8 Å². The number of benzene rings is 1. The maximum atomic E-state index is 14.2. The number of fused-ring (bicyclic) bond motifs is 3. The van der Waals surface area contributed by atoms with Crippen molar-refractivity contribution in [1.29, 1.82) is 0 Å². The fraction of sp³-hybridized carbons (Fsp3) is 0.429. The van der Waals surface area contributed by atoms with Crippen molar-refractivity contribution in [3.8, 4) is 5.75 Å². The molecular formula is C14H16FN5O2. The fourth-order valence-electron chi connectivity index (χ4n) is 2.77. The van der Waals surface area contributed by atoms with Gasteiger partial charge in [-0.05, 0) is 13.0 Å². The Morgan fingerprint density at radius 2 is 2.27 bits per heavy atom. The van der Waals surface area contributed by atoms with Crippen LogP contribution in [0.15, 0.2) is 17.2 Å². The van der Waals surface area contributed by atoms with E-state index in [9.17, 15) is 9.18 Å². The highest BCUT2D eigenvalue weighted by molar-refractivity contribution is 6.09. The number of anilines is 2. The molecule has 7 nitrogen and oxygen atoms in total. The first-order valence-corrected chi connectivity index (χ1v) is 7.23. The van der Waals surface area contributed by atoms with E-state index >= 15 is 0 Å². The summed E-state index contributed by atoms with van der Waals surface area (Å²) in [5.41, 5.74) is 3.53. The maximum Gasteiger partial charge on any atom is 0.262 e. The SMILES string of the molecule is C[C@@H]1C(=O)NN=C2COc3cc(F)c(NC4CNC4)cc3N21. The van der Waals surface area contributed by atoms with Crippen LogP contribution in [0.1, 0.15) is 6.92 Å². The number of halogens is 1. The molecule has 3 heterocycles. The average molecular weight is 305 g/mol. The zero-order chi connectivity index (χ0) is 15.3. The van der Waals surface area contributed by atoms with Crippen molar-refractivity contribution in [2.24, 2.45) is 5.10 Å². The van der Waals surface area contributed by atoms with Gasteiger partial charge in [-0.25, -0.2) is 9.82 Å². The molecule has 1 fully saturated rings. The molecule has 3 aliphatic heterocycles. The Balaban J connectivity index is 1.74. The molecule has 3 aliphatic rings. The number of amides is 1. The Labute approximate surface area is 126 Å². The molecule has 116 valence electrons. The maximum absolute atomic E-state index is 14.2. The van der Waals surface area contributed by atoms with Gasteiger partial charge in [0.25, 0.3) is 5.91 Å². The molecule has 0 unspecified atom stereocenters. The minimum absolute atomic E-state index is 0.196. The van der Waals surface area contributed by atoms with Crippen molar-refractivity contribution in [3.63, 3.8) is 0 Å². The van der Waals surface area contributed by atoms with Crippen molar-refractivity contribution >= 4 is 23.1 Å². The van der Waals surface area contributed by atoms with E-state index in [-0.39, 0.29) is 24.4 Å². The zero-order valence-corrected chi connectivity index (χ0v) is 12.0. The molecule has 0 spiro atoms. The predicted molar refractivity (Wildman–Crippen MR) is 79.7 cm³/mol. The van der Waals surface area contributed by atoms with Crippen LogP contribution in [-0.4, -0.2) is 43.5 Å². The molecule has 3 N–H and O–H groups in total. The first-order chi connectivity index (χ1) is 10.6. The number of hydrogen-bond donors (Lipinski definition) is 3. The van der Waals surface area contributed by atoms with E-state index in [1.165, 1.54) is 6.07 Å². The third-order valence-electron chi connectivity index (χ3n) is 4.15. The first-order valence-electron chi connectivity index (χ1n) is 7.23. The van der Waals surface area contributed by atoms with Gasteiger partial charge < -0.3 is 20.3 Å². The number of rotatable bonds is 2. The summed E-state index contributed by atoms with van der Waals surface area (Å²) in [7, 11) is 0. The number of nitrogens with one attached hydrogen (secondary N) is 3. The van der Waals surface area contributed by atoms with Crippen molar-refractivity contribution in [2.75, 3.05) is 29.9 Å². The highest BCUT2D eigenvalue weighted by Gasteiger charge is 2.36. The molecule has 8 heteroatoms. The average Bonchev–Trinajstić information content (AvgIpc) is 2.46. The molecule has 0 radical (unpaired) electrons. The number of hydrogen-bond acceptors (Lipinski definition) is 6. The summed E-state index contributed by atoms with van der Waals surface area (Å²) in [5, 5.41) is 10.3. The van der Waals surface area contributed by atoms with E-state index in [0.717, 1.165) is 13.1 Å². The van der Waals surface area contributed by atoms with Crippen LogP contribution in [0.3, 0.4) is 0 Å². The van der Waals surface area contributed by atoms with Gasteiger partial charge in [-0.15, -0.1) is 0 Å². The summed E-state index contributed by atoms with van der Waals surface area (Å²) in [6.07, 6.45) is 0. The van der Waals surface area contributed by atoms with E-state index in [2.05, 4.69) is 21.2 Å². The lowest BCUT2D eigenvalue weighted by Crippen LogP contribution is -2.55. The summed E-state index contributed by atoms with van der Waals surface area (Å²) in [4.78, 5) is 13.6. The predicted octanol–water partition coefficient (Wildman–Crippen LogP) is 0.240. The minimum atomic E-state index is -0.418. The lowest BCUT2D eigenvalue weighted by Gasteiger charge is -2.38. The molecule has 0 bridgehead atoms. The third-order valence-corrected chi connectivity index (χ3v) is 4.15. The molecule has 1 saturated heterocycles. The van der Waals surface area contributed by atoms with E-state index in [4.69, 9.17) is 4.74 Å². The van der Waals surface area contributed by atoms with E-state index in [1.807, 2.05) is 0 Å². The topological polar surface area (TPSA) is 78.0 Å². The summed E-state index contributed by atoms with van der Waals surface area (Å²) in [6, 6.07) is 2.85. The smallest absolute Gasteiger partial charge is 0.262 e. The van der Waals surface area contributed by atoms with E-state index in [0.29, 0.717) is 23.0 Å². The van der Waals surface area contributed by atoms with E-state index in [1.54, 1.807) is 17.9 Å². The Morgan fingerprint density at radius 1 is 1.45 bits per heavy atom. The Morgan fingerprint density at radius 3 is 3.00 bits per heavy atom. The number of ether oxygens (including phenoxy) is 1. The Kier molecular flexibility index (Phi) is 2.93. The normalized spacial score (nSPS) is 23.5. The van der Waals surface area contributed by atoms with Crippen molar-refractivity contribution < 1.29 is 13.9 Å². The van der Waals surface area contributed by atoms with Gasteiger partial charge in [-0.3, -0.25) is 4.79 Å². The van der Waals surface area contributed by atoms with Gasteiger partial charge in [-0.1, -0.05) is 0 Å². The number of hydrazone groups is 1. The van der Waals surface area contributed by atoms with Crippen LogP contribution in [0.25, 0.3) is 0 Å². The van der Waals surface area contributed by atoms with Gasteiger partial charge in [0.05, 0.1) is 17.4 Å². The lowest BCUT2D eigenvalue weighted by molar-refractivity contribution is -0.122. The summed E-state index contributed by atoms with van der Waals surface area (Å²) >= 11 is 0. The van der Waals surface area contributed by atoms with Gasteiger partial charge in [0.1, 0.15) is 24.2 Å². The lowest BCUT2D eigenvalue weighted by atomic mass is 10.1. The van der Waals surface area contributed by atoms with Crippen LogP contribution >= 0.6 is 0 Å². The van der Waals surface area contributed by atoms with Gasteiger partial charge in [0.2, 0.25) is 0 Å². The van der Waals surface area contributed by atoms with Gasteiger partial charge >= 0.3 is 0 Å². The monoisotopic (exact) mass is 305 g/mol. The van der Waals surface area contributed by atoms with Gasteiger partial charge in [0, 0.05) is 19.2 Å². The molecule has 0 aromatic heterocycles. The molecule has 4 rings (SSSR count). The molecule has 0 saturated carbocycles. The van der Waals surface area contributed by atoms with Crippen LogP contribution in [0, 0.1) is 5.82 Å². The number of amidine groups is 1. The van der Waals surface area contributed by atoms with Gasteiger partial charge in [-0.2, -0.15) is 5.10 Å². The molecule has 22 heavy (non-hydrogen) atoms. The molecule has 1 aromatic rings. The van der Waals surface area contributed by atoms with Crippen LogP contribution in [0.2, 0.25) is 0 Å². The highest BCUT2D eigenvalue weighted by Crippen LogP contribution is 2.38. The number of nitrogens with zero attached hydrogens (tertiary/aromatic N) is 2. The summed E-state index contributed by atoms with van der Waals surface area (Å²) in [6.45, 7) is 3.60. The first kappa shape index (κ1) is 13.3. The molecule has 1 amide bonds. The number of carbonyl (C=O) groups is 1.